The minimum absolute atomic E-state index is 0. The molecule has 0 saturated heterocycles. The van der Waals surface area contributed by atoms with E-state index in [1.807, 2.05) is 0 Å². The molecule has 0 rings (SSSR count). The number of carboxylic acids is 2. The Kier molecular flexibility index (Phi) is 26.8. The van der Waals surface area contributed by atoms with Gasteiger partial charge >= 0.3 is 17.9 Å². The van der Waals surface area contributed by atoms with Gasteiger partial charge in [0.05, 0.1) is 0 Å². The monoisotopic (exact) mass is 505 g/mol. The third-order valence-corrected chi connectivity index (χ3v) is 5.03. The molecule has 6 nitrogen and oxygen atoms in total. The van der Waals surface area contributed by atoms with Crippen molar-refractivity contribution in [3.8, 4) is 0 Å². The maximum absolute atomic E-state index is 10.5. The number of unbranched alkanes of at least 4 members (excludes halogenated alkanes) is 14. The van der Waals surface area contributed by atoms with E-state index in [2.05, 4.69) is 18.2 Å². The van der Waals surface area contributed by atoms with Gasteiger partial charge in [0.2, 0.25) is 5.60 Å². The van der Waals surface area contributed by atoms with E-state index < -0.39 is 23.5 Å². The van der Waals surface area contributed by atoms with Gasteiger partial charge in [0.1, 0.15) is 0 Å². The van der Waals surface area contributed by atoms with Gasteiger partial charge in [0, 0.05) is 29.6 Å². The van der Waals surface area contributed by atoms with Crippen LogP contribution in [0.1, 0.15) is 124 Å². The third-order valence-electron chi connectivity index (χ3n) is 5.03. The Balaban J connectivity index is -0.000000597. The molecule has 193 valence electrons. The summed E-state index contributed by atoms with van der Waals surface area (Å²) in [6, 6.07) is 0. The summed E-state index contributed by atoms with van der Waals surface area (Å²) in [7, 11) is 0. The predicted molar refractivity (Wildman–Crippen MR) is 125 cm³/mol. The SMILES string of the molecule is C=CC(=O)OC(C)(C)C(=O)O.CCCCCCCCCCCCCCCCCC(=O)O.[Cu]. The van der Waals surface area contributed by atoms with Crippen molar-refractivity contribution < 1.29 is 46.4 Å². The quantitative estimate of drug-likeness (QED) is 0.0855. The standard InChI is InChI=1S/C18H36O2.C7H10O4.Cu/c1-2-3-4-5-6-7-8-9-10-11-12-13-14-15-16-17-18(19)20;1-4-5(8)11-7(2,3)6(9)10;/h2-17H2,1H3,(H,19,20);4H,1H2,2-3H3,(H,9,10);. The van der Waals surface area contributed by atoms with Crippen molar-refractivity contribution in [1.29, 1.82) is 0 Å². The van der Waals surface area contributed by atoms with Gasteiger partial charge in [0.25, 0.3) is 0 Å². The molecule has 0 unspecified atom stereocenters. The predicted octanol–water partition coefficient (Wildman–Crippen LogP) is 6.91. The molecule has 0 aliphatic heterocycles. The maximum atomic E-state index is 10.5. The number of hydrogen-bond donors (Lipinski definition) is 2. The second-order valence-electron chi connectivity index (χ2n) is 8.53. The van der Waals surface area contributed by atoms with Crippen molar-refractivity contribution in [2.45, 2.75) is 129 Å². The molecule has 0 spiro atoms. The summed E-state index contributed by atoms with van der Waals surface area (Å²) >= 11 is 0. The van der Waals surface area contributed by atoms with Gasteiger partial charge in [-0.2, -0.15) is 0 Å². The van der Waals surface area contributed by atoms with Crippen LogP contribution in [0.5, 0.6) is 0 Å². The zero-order valence-electron chi connectivity index (χ0n) is 20.4. The Labute approximate surface area is 206 Å². The summed E-state index contributed by atoms with van der Waals surface area (Å²) in [5, 5.41) is 17.0. The molecular weight excluding hydrogens is 460 g/mol. The van der Waals surface area contributed by atoms with E-state index in [-0.39, 0.29) is 17.1 Å². The summed E-state index contributed by atoms with van der Waals surface area (Å²) in [5.74, 6) is -2.58. The Morgan fingerprint density at radius 1 is 0.750 bits per heavy atom. The molecule has 1 radical (unpaired) electrons. The summed E-state index contributed by atoms with van der Waals surface area (Å²) in [4.78, 5) is 31.2. The van der Waals surface area contributed by atoms with Crippen LogP contribution in [0, 0.1) is 0 Å². The fraction of sp³-hybridized carbons (Fsp3) is 0.800. The van der Waals surface area contributed by atoms with Crippen molar-refractivity contribution in [3.05, 3.63) is 12.7 Å². The Morgan fingerprint density at radius 3 is 1.38 bits per heavy atom. The molecule has 0 aromatic carbocycles. The fourth-order valence-corrected chi connectivity index (χ4v) is 2.98. The first kappa shape index (κ1) is 35.3. The molecule has 0 heterocycles. The molecule has 2 N–H and O–H groups in total. The molecular formula is C25H46CuO6. The van der Waals surface area contributed by atoms with Gasteiger partial charge in [-0.05, 0) is 20.3 Å². The largest absolute Gasteiger partial charge is 0.481 e. The van der Waals surface area contributed by atoms with E-state index in [1.165, 1.54) is 97.3 Å². The number of aliphatic carboxylic acids is 2. The number of rotatable bonds is 19. The Bertz CT molecular complexity index is 491. The smallest absolute Gasteiger partial charge is 0.347 e. The van der Waals surface area contributed by atoms with Crippen molar-refractivity contribution in [3.63, 3.8) is 0 Å². The molecule has 32 heavy (non-hydrogen) atoms. The van der Waals surface area contributed by atoms with Gasteiger partial charge in [-0.3, -0.25) is 4.79 Å². The average Bonchev–Trinajstić information content (AvgIpc) is 2.70. The van der Waals surface area contributed by atoms with E-state index in [0.717, 1.165) is 18.9 Å². The first-order valence-electron chi connectivity index (χ1n) is 12.0. The molecule has 0 atom stereocenters. The Hall–Kier alpha value is -1.33. The Morgan fingerprint density at radius 2 is 1.09 bits per heavy atom. The van der Waals surface area contributed by atoms with Crippen LogP contribution in [0.3, 0.4) is 0 Å². The molecule has 0 aliphatic rings. The van der Waals surface area contributed by atoms with Gasteiger partial charge in [-0.1, -0.05) is 103 Å². The average molecular weight is 506 g/mol. The van der Waals surface area contributed by atoms with Crippen LogP contribution < -0.4 is 0 Å². The normalized spacial score (nSPS) is 10.3. The van der Waals surface area contributed by atoms with Gasteiger partial charge in [0.15, 0.2) is 0 Å². The van der Waals surface area contributed by atoms with E-state index in [1.54, 1.807) is 0 Å². The number of carbonyl (C=O) groups is 3. The zero-order valence-corrected chi connectivity index (χ0v) is 21.4. The second kappa shape index (κ2) is 24.3. The summed E-state index contributed by atoms with van der Waals surface area (Å²) in [6.07, 6.45) is 21.1. The molecule has 0 fully saturated rings. The van der Waals surface area contributed by atoms with Crippen LogP contribution in [0.2, 0.25) is 0 Å². The third kappa shape index (κ3) is 26.7. The summed E-state index contributed by atoms with van der Waals surface area (Å²) < 4.78 is 4.49. The number of hydrogen-bond acceptors (Lipinski definition) is 4. The van der Waals surface area contributed by atoms with Gasteiger partial charge < -0.3 is 14.9 Å². The van der Waals surface area contributed by atoms with Crippen LogP contribution in [-0.2, 0) is 36.2 Å². The minimum atomic E-state index is -1.48. The van der Waals surface area contributed by atoms with Crippen LogP contribution >= 0.6 is 0 Å². The molecule has 7 heteroatoms. The zero-order chi connectivity index (χ0) is 24.0. The number of carbonyl (C=O) groups excluding carboxylic acids is 1. The number of ether oxygens (including phenoxy) is 1. The van der Waals surface area contributed by atoms with E-state index in [4.69, 9.17) is 10.2 Å². The van der Waals surface area contributed by atoms with Gasteiger partial charge in [-0.15, -0.1) is 0 Å². The molecule has 0 saturated carbocycles. The summed E-state index contributed by atoms with van der Waals surface area (Å²) in [6.45, 7) is 7.98. The van der Waals surface area contributed by atoms with E-state index in [9.17, 15) is 14.4 Å². The number of carboxylic acid groups (broad SMARTS) is 2. The first-order valence-corrected chi connectivity index (χ1v) is 12.0. The summed E-state index contributed by atoms with van der Waals surface area (Å²) in [5.41, 5.74) is -1.48. The van der Waals surface area contributed by atoms with Crippen molar-refractivity contribution >= 4 is 17.9 Å². The minimum Gasteiger partial charge on any atom is -0.481 e. The first-order chi connectivity index (χ1) is 14.7. The van der Waals surface area contributed by atoms with E-state index >= 15 is 0 Å². The second-order valence-corrected chi connectivity index (χ2v) is 8.53. The van der Waals surface area contributed by atoms with Crippen LogP contribution in [0.15, 0.2) is 12.7 Å². The van der Waals surface area contributed by atoms with E-state index in [0.29, 0.717) is 6.42 Å². The maximum Gasteiger partial charge on any atom is 0.347 e. The topological polar surface area (TPSA) is 101 Å². The van der Waals surface area contributed by atoms with Gasteiger partial charge in [-0.25, -0.2) is 9.59 Å². The molecule has 0 bridgehead atoms. The fourth-order valence-electron chi connectivity index (χ4n) is 2.98. The van der Waals surface area contributed by atoms with Crippen LogP contribution in [0.25, 0.3) is 0 Å². The molecule has 0 aliphatic carbocycles. The molecule has 0 amide bonds. The van der Waals surface area contributed by atoms with Crippen LogP contribution in [0.4, 0.5) is 0 Å². The molecule has 0 aromatic heterocycles. The van der Waals surface area contributed by atoms with Crippen molar-refractivity contribution in [2.24, 2.45) is 0 Å². The van der Waals surface area contributed by atoms with Crippen molar-refractivity contribution in [2.75, 3.05) is 0 Å². The molecule has 0 aromatic rings. The van der Waals surface area contributed by atoms with Crippen molar-refractivity contribution in [1.82, 2.24) is 0 Å². The number of esters is 1. The van der Waals surface area contributed by atoms with Crippen LogP contribution in [-0.4, -0.2) is 33.7 Å².